The summed E-state index contributed by atoms with van der Waals surface area (Å²) in [5.74, 6) is 0.202. The minimum atomic E-state index is -2.76. The molecule has 1 amide bonds. The molecule has 0 unspecified atom stereocenters. The van der Waals surface area contributed by atoms with E-state index in [0.717, 1.165) is 22.6 Å². The Kier molecular flexibility index (Phi) is 4.74. The van der Waals surface area contributed by atoms with Crippen molar-refractivity contribution in [2.75, 3.05) is 5.32 Å². The number of aromatic nitrogens is 2. The topological polar surface area (TPSA) is 46.9 Å². The van der Waals surface area contributed by atoms with Crippen LogP contribution in [0.25, 0.3) is 6.08 Å². The molecule has 1 aliphatic carbocycles. The first-order valence-corrected chi connectivity index (χ1v) is 7.93. The number of halogens is 2. The highest BCUT2D eigenvalue weighted by atomic mass is 19.3. The van der Waals surface area contributed by atoms with Crippen LogP contribution in [0.5, 0.6) is 0 Å². The van der Waals surface area contributed by atoms with Crippen LogP contribution in [-0.2, 0) is 7.05 Å². The smallest absolute Gasteiger partial charge is 0.280 e. The van der Waals surface area contributed by atoms with Crippen LogP contribution < -0.4 is 5.32 Å². The molecular weight excluding hydrogens is 312 g/mol. The van der Waals surface area contributed by atoms with Gasteiger partial charge in [-0.1, -0.05) is 30.4 Å². The highest BCUT2D eigenvalue weighted by Crippen LogP contribution is 2.33. The third kappa shape index (κ3) is 3.69. The van der Waals surface area contributed by atoms with Crippen molar-refractivity contribution in [2.24, 2.45) is 13.0 Å². The average molecular weight is 331 g/mol. The Bertz CT molecular complexity index is 763. The molecule has 0 saturated heterocycles. The van der Waals surface area contributed by atoms with Crippen LogP contribution >= 0.6 is 0 Å². The summed E-state index contributed by atoms with van der Waals surface area (Å²) < 4.78 is 27.2. The van der Waals surface area contributed by atoms with Gasteiger partial charge < -0.3 is 5.32 Å². The van der Waals surface area contributed by atoms with Crippen molar-refractivity contribution < 1.29 is 13.6 Å². The molecule has 3 rings (SSSR count). The Morgan fingerprint density at radius 3 is 2.88 bits per heavy atom. The van der Waals surface area contributed by atoms with Gasteiger partial charge in [0, 0.05) is 12.7 Å². The lowest BCUT2D eigenvalue weighted by molar-refractivity contribution is 0.100. The van der Waals surface area contributed by atoms with Crippen LogP contribution in [0.2, 0.25) is 0 Å². The zero-order valence-corrected chi connectivity index (χ0v) is 13.4. The summed E-state index contributed by atoms with van der Waals surface area (Å²) >= 11 is 0. The van der Waals surface area contributed by atoms with Gasteiger partial charge >= 0.3 is 0 Å². The minimum absolute atomic E-state index is 0.107. The first-order valence-electron chi connectivity index (χ1n) is 7.93. The summed E-state index contributed by atoms with van der Waals surface area (Å²) in [6.07, 6.45) is 6.05. The molecular formula is C18H19F2N3O. The Morgan fingerprint density at radius 1 is 1.42 bits per heavy atom. The molecule has 1 N–H and O–H groups in total. The first kappa shape index (κ1) is 16.4. The van der Waals surface area contributed by atoms with E-state index in [-0.39, 0.29) is 11.3 Å². The number of aryl methyl sites for hydroxylation is 1. The van der Waals surface area contributed by atoms with Gasteiger partial charge in [-0.15, -0.1) is 0 Å². The highest BCUT2D eigenvalue weighted by Gasteiger charge is 2.23. The second-order valence-electron chi connectivity index (χ2n) is 5.99. The highest BCUT2D eigenvalue weighted by molar-refractivity contribution is 6.05. The van der Waals surface area contributed by atoms with E-state index in [1.165, 1.54) is 26.1 Å². The SMILES string of the molecule is Cn1ncc(C(=O)Nc2ccccc2C=CCC2CC2)c1C(F)F. The Balaban J connectivity index is 1.78. The van der Waals surface area contributed by atoms with E-state index in [4.69, 9.17) is 0 Å². The monoisotopic (exact) mass is 331 g/mol. The van der Waals surface area contributed by atoms with Gasteiger partial charge in [0.05, 0.1) is 11.8 Å². The lowest BCUT2D eigenvalue weighted by Gasteiger charge is -2.09. The average Bonchev–Trinajstić information content (AvgIpc) is 3.28. The van der Waals surface area contributed by atoms with E-state index in [0.29, 0.717) is 5.69 Å². The quantitative estimate of drug-likeness (QED) is 0.851. The molecule has 0 aliphatic heterocycles. The van der Waals surface area contributed by atoms with E-state index >= 15 is 0 Å². The number of allylic oxidation sites excluding steroid dienone is 1. The number of nitrogens with zero attached hydrogens (tertiary/aromatic N) is 2. The number of hydrogen-bond donors (Lipinski definition) is 1. The summed E-state index contributed by atoms with van der Waals surface area (Å²) in [4.78, 5) is 12.4. The summed E-state index contributed by atoms with van der Waals surface area (Å²) in [6.45, 7) is 0. The van der Waals surface area contributed by atoms with Crippen molar-refractivity contribution in [1.82, 2.24) is 9.78 Å². The normalized spacial score (nSPS) is 14.5. The van der Waals surface area contributed by atoms with Crippen molar-refractivity contribution in [3.8, 4) is 0 Å². The molecule has 6 heteroatoms. The molecule has 126 valence electrons. The van der Waals surface area contributed by atoms with Crippen LogP contribution in [-0.4, -0.2) is 15.7 Å². The number of alkyl halides is 2. The minimum Gasteiger partial charge on any atom is -0.321 e. The van der Waals surface area contributed by atoms with Crippen molar-refractivity contribution in [1.29, 1.82) is 0 Å². The van der Waals surface area contributed by atoms with Crippen LogP contribution in [0.1, 0.15) is 47.3 Å². The van der Waals surface area contributed by atoms with Crippen LogP contribution in [0.15, 0.2) is 36.5 Å². The molecule has 0 bridgehead atoms. The number of carbonyl (C=O) groups excluding carboxylic acids is 1. The van der Waals surface area contributed by atoms with Crippen LogP contribution in [0.3, 0.4) is 0 Å². The number of nitrogens with one attached hydrogen (secondary N) is 1. The lowest BCUT2D eigenvalue weighted by Crippen LogP contribution is -2.15. The molecule has 2 aromatic rings. The summed E-state index contributed by atoms with van der Waals surface area (Å²) in [5.41, 5.74) is 0.964. The summed E-state index contributed by atoms with van der Waals surface area (Å²) in [6, 6.07) is 7.32. The molecule has 1 fully saturated rings. The number of para-hydroxylation sites is 1. The fraction of sp³-hybridized carbons (Fsp3) is 0.333. The number of rotatable bonds is 6. The van der Waals surface area contributed by atoms with E-state index in [9.17, 15) is 13.6 Å². The molecule has 1 aliphatic rings. The Morgan fingerprint density at radius 2 is 2.17 bits per heavy atom. The lowest BCUT2D eigenvalue weighted by atomic mass is 10.1. The van der Waals surface area contributed by atoms with Gasteiger partial charge in [0.2, 0.25) is 0 Å². The number of benzene rings is 1. The maximum atomic E-state index is 13.1. The van der Waals surface area contributed by atoms with Gasteiger partial charge in [-0.25, -0.2) is 8.78 Å². The van der Waals surface area contributed by atoms with E-state index in [1.807, 2.05) is 18.2 Å². The van der Waals surface area contributed by atoms with Crippen LogP contribution in [0, 0.1) is 5.92 Å². The zero-order valence-electron chi connectivity index (χ0n) is 13.4. The fourth-order valence-corrected chi connectivity index (χ4v) is 2.57. The molecule has 1 heterocycles. The first-order chi connectivity index (χ1) is 11.6. The summed E-state index contributed by atoms with van der Waals surface area (Å²) in [7, 11) is 1.40. The molecule has 0 radical (unpaired) electrons. The number of hydrogen-bond acceptors (Lipinski definition) is 2. The molecule has 1 aromatic heterocycles. The molecule has 1 saturated carbocycles. The second-order valence-corrected chi connectivity index (χ2v) is 5.99. The largest absolute Gasteiger partial charge is 0.321 e. The van der Waals surface area contributed by atoms with Crippen molar-refractivity contribution in [3.63, 3.8) is 0 Å². The van der Waals surface area contributed by atoms with Gasteiger partial charge in [0.25, 0.3) is 12.3 Å². The molecule has 24 heavy (non-hydrogen) atoms. The second kappa shape index (κ2) is 6.95. The predicted octanol–water partition coefficient (Wildman–Crippen LogP) is 4.42. The Hall–Kier alpha value is -2.50. The predicted molar refractivity (Wildman–Crippen MR) is 88.9 cm³/mol. The van der Waals surface area contributed by atoms with E-state index in [1.54, 1.807) is 12.1 Å². The third-order valence-corrected chi connectivity index (χ3v) is 4.11. The number of amides is 1. The maximum Gasteiger partial charge on any atom is 0.280 e. The zero-order chi connectivity index (χ0) is 17.1. The Labute approximate surface area is 139 Å². The molecule has 0 atom stereocenters. The van der Waals surface area contributed by atoms with Crippen molar-refractivity contribution in [2.45, 2.75) is 25.7 Å². The van der Waals surface area contributed by atoms with Gasteiger partial charge in [0.15, 0.2) is 0 Å². The summed E-state index contributed by atoms with van der Waals surface area (Å²) in [5, 5.41) is 6.47. The van der Waals surface area contributed by atoms with Crippen molar-refractivity contribution >= 4 is 17.7 Å². The third-order valence-electron chi connectivity index (χ3n) is 4.11. The standard InChI is InChI=1S/C18H19F2N3O/c1-23-16(17(19)20)14(11-21-23)18(24)22-15-8-3-2-6-13(15)7-4-5-12-9-10-12/h2-4,6-8,11-12,17H,5,9-10H2,1H3,(H,22,24). The van der Waals surface area contributed by atoms with Gasteiger partial charge in [-0.2, -0.15) is 5.10 Å². The van der Waals surface area contributed by atoms with E-state index in [2.05, 4.69) is 16.5 Å². The van der Waals surface area contributed by atoms with Gasteiger partial charge in [-0.3, -0.25) is 9.48 Å². The molecule has 0 spiro atoms. The van der Waals surface area contributed by atoms with E-state index < -0.39 is 12.3 Å². The van der Waals surface area contributed by atoms with Crippen LogP contribution in [0.4, 0.5) is 14.5 Å². The molecule has 1 aromatic carbocycles. The number of anilines is 1. The maximum absolute atomic E-state index is 13.1. The number of carbonyl (C=O) groups is 1. The molecule has 4 nitrogen and oxygen atoms in total. The van der Waals surface area contributed by atoms with Crippen molar-refractivity contribution in [3.05, 3.63) is 53.4 Å². The van der Waals surface area contributed by atoms with Gasteiger partial charge in [0.1, 0.15) is 5.69 Å². The fourth-order valence-electron chi connectivity index (χ4n) is 2.57. The van der Waals surface area contributed by atoms with Gasteiger partial charge in [-0.05, 0) is 36.8 Å².